The van der Waals surface area contributed by atoms with Crippen molar-refractivity contribution in [3.8, 4) is 0 Å². The van der Waals surface area contributed by atoms with Crippen molar-refractivity contribution in [1.82, 2.24) is 5.32 Å². The number of amides is 1. The molecule has 0 aliphatic carbocycles. The molecule has 1 rings (SSSR count). The van der Waals surface area contributed by atoms with Crippen molar-refractivity contribution in [1.29, 1.82) is 0 Å². The summed E-state index contributed by atoms with van der Waals surface area (Å²) >= 11 is 0. The summed E-state index contributed by atoms with van der Waals surface area (Å²) in [6.07, 6.45) is 18.7. The van der Waals surface area contributed by atoms with Crippen molar-refractivity contribution >= 4 is 5.91 Å². The Morgan fingerprint density at radius 2 is 1.04 bits per heavy atom. The normalized spacial score (nSPS) is 23.2. The number of rotatable bonds is 32. The Kier molecular flexibility index (Phi) is 28.1. The van der Waals surface area contributed by atoms with Gasteiger partial charge >= 0.3 is 0 Å². The van der Waals surface area contributed by atoms with Gasteiger partial charge in [-0.3, -0.25) is 4.79 Å². The summed E-state index contributed by atoms with van der Waals surface area (Å²) in [5.74, 6) is -0.585. The Hall–Kier alpha value is -0.850. The number of ether oxygens (including phenoxy) is 2. The first-order chi connectivity index (χ1) is 23.3. The van der Waals surface area contributed by atoms with Crippen LogP contribution in [0.4, 0.5) is 0 Å². The van der Waals surface area contributed by atoms with E-state index in [2.05, 4.69) is 19.2 Å². The van der Waals surface area contributed by atoms with Gasteiger partial charge in [-0.1, -0.05) is 162 Å². The second kappa shape index (κ2) is 29.8. The molecule has 0 spiro atoms. The van der Waals surface area contributed by atoms with Crippen molar-refractivity contribution in [2.45, 2.75) is 223 Å². The van der Waals surface area contributed by atoms with Crippen LogP contribution in [-0.4, -0.2) is 98.7 Å². The third kappa shape index (κ3) is 20.7. The number of aliphatic hydroxyl groups excluding tert-OH is 6. The summed E-state index contributed by atoms with van der Waals surface area (Å²) in [4.78, 5) is 12.9. The van der Waals surface area contributed by atoms with Gasteiger partial charge in [0.15, 0.2) is 6.29 Å². The maximum Gasteiger partial charge on any atom is 0.249 e. The smallest absolute Gasteiger partial charge is 0.249 e. The first-order valence-corrected chi connectivity index (χ1v) is 19.8. The predicted octanol–water partition coefficient (Wildman–Crippen LogP) is 5.80. The average molecular weight is 690 g/mol. The fourth-order valence-electron chi connectivity index (χ4n) is 6.46. The van der Waals surface area contributed by atoms with Gasteiger partial charge in [0.05, 0.1) is 25.4 Å². The first-order valence-electron chi connectivity index (χ1n) is 19.8. The summed E-state index contributed by atoms with van der Waals surface area (Å²) < 4.78 is 11.1. The molecule has 48 heavy (non-hydrogen) atoms. The Balaban J connectivity index is 2.48. The van der Waals surface area contributed by atoms with Gasteiger partial charge in [0.1, 0.15) is 30.5 Å². The zero-order valence-electron chi connectivity index (χ0n) is 30.6. The molecule has 0 bridgehead atoms. The molecular formula is C38H75NO9. The Bertz CT molecular complexity index is 743. The lowest BCUT2D eigenvalue weighted by Gasteiger charge is -2.40. The molecule has 1 aliphatic heterocycles. The lowest BCUT2D eigenvalue weighted by Crippen LogP contribution is -2.60. The van der Waals surface area contributed by atoms with Gasteiger partial charge in [0.2, 0.25) is 5.91 Å². The highest BCUT2D eigenvalue weighted by molar-refractivity contribution is 5.80. The van der Waals surface area contributed by atoms with Gasteiger partial charge in [-0.15, -0.1) is 0 Å². The second-order valence-electron chi connectivity index (χ2n) is 14.2. The molecule has 286 valence electrons. The second-order valence-corrected chi connectivity index (χ2v) is 14.2. The Morgan fingerprint density at radius 3 is 1.48 bits per heavy atom. The van der Waals surface area contributed by atoms with Gasteiger partial charge in [0.25, 0.3) is 0 Å². The van der Waals surface area contributed by atoms with E-state index >= 15 is 0 Å². The first kappa shape index (κ1) is 45.2. The third-order valence-corrected chi connectivity index (χ3v) is 9.82. The largest absolute Gasteiger partial charge is 0.394 e. The van der Waals surface area contributed by atoms with Crippen LogP contribution in [0.5, 0.6) is 0 Å². The zero-order valence-corrected chi connectivity index (χ0v) is 30.6. The molecule has 1 heterocycles. The minimum absolute atomic E-state index is 0.251. The SMILES string of the molecule is CCCCCCCCCCCCCCC[C@@H](O)[C@H](COC1OC(CO)C(O)C(O)C1O)NC(=O)[C@@H](O)CCCCCCCCCCCC. The monoisotopic (exact) mass is 690 g/mol. The lowest BCUT2D eigenvalue weighted by atomic mass is 9.99. The standard InChI is InChI=1S/C38H75NO9/c1-3-5-7-9-11-13-15-16-17-19-20-22-24-26-31(41)30(29-47-38-36(45)35(44)34(43)33(28-40)48-38)39-37(46)32(42)27-25-23-21-18-14-12-10-8-6-4-2/h30-36,38,40-45H,3-29H2,1-2H3,(H,39,46)/t30-,31+,32-,33?,34?,35?,36?,38?/m0/s1. The Morgan fingerprint density at radius 1 is 0.625 bits per heavy atom. The molecule has 0 saturated carbocycles. The molecule has 10 heteroatoms. The molecule has 1 fully saturated rings. The number of carbonyl (C=O) groups excluding carboxylic acids is 1. The zero-order chi connectivity index (χ0) is 35.4. The van der Waals surface area contributed by atoms with Crippen LogP contribution >= 0.6 is 0 Å². The van der Waals surface area contributed by atoms with Crippen LogP contribution in [0.15, 0.2) is 0 Å². The van der Waals surface area contributed by atoms with Crippen LogP contribution in [0.1, 0.15) is 174 Å². The molecule has 1 amide bonds. The number of hydrogen-bond donors (Lipinski definition) is 7. The number of nitrogens with one attached hydrogen (secondary N) is 1. The van der Waals surface area contributed by atoms with E-state index in [-0.39, 0.29) is 6.61 Å². The van der Waals surface area contributed by atoms with E-state index in [4.69, 9.17) is 9.47 Å². The van der Waals surface area contributed by atoms with Crippen molar-refractivity contribution < 1.29 is 44.9 Å². The van der Waals surface area contributed by atoms with Crippen LogP contribution in [-0.2, 0) is 14.3 Å². The highest BCUT2D eigenvalue weighted by Crippen LogP contribution is 2.23. The van der Waals surface area contributed by atoms with E-state index in [1.165, 1.54) is 96.3 Å². The molecule has 0 aromatic carbocycles. The van der Waals surface area contributed by atoms with Crippen LogP contribution in [0.25, 0.3) is 0 Å². The predicted molar refractivity (Wildman–Crippen MR) is 190 cm³/mol. The minimum atomic E-state index is -1.59. The summed E-state index contributed by atoms with van der Waals surface area (Å²) in [5.41, 5.74) is 0. The van der Waals surface area contributed by atoms with E-state index < -0.39 is 61.5 Å². The molecule has 5 unspecified atom stereocenters. The van der Waals surface area contributed by atoms with Crippen LogP contribution < -0.4 is 5.32 Å². The van der Waals surface area contributed by atoms with Gasteiger partial charge in [-0.2, -0.15) is 0 Å². The van der Waals surface area contributed by atoms with Crippen molar-refractivity contribution in [2.24, 2.45) is 0 Å². The fourth-order valence-corrected chi connectivity index (χ4v) is 6.46. The molecule has 1 saturated heterocycles. The van der Waals surface area contributed by atoms with E-state index in [1.54, 1.807) is 0 Å². The minimum Gasteiger partial charge on any atom is -0.394 e. The lowest BCUT2D eigenvalue weighted by molar-refractivity contribution is -0.302. The number of carbonyl (C=O) groups is 1. The van der Waals surface area contributed by atoms with Gasteiger partial charge in [0, 0.05) is 0 Å². The van der Waals surface area contributed by atoms with Crippen molar-refractivity contribution in [3.63, 3.8) is 0 Å². The average Bonchev–Trinajstić information content (AvgIpc) is 3.08. The van der Waals surface area contributed by atoms with Gasteiger partial charge < -0.3 is 45.4 Å². The highest BCUT2D eigenvalue weighted by Gasteiger charge is 2.44. The number of hydrogen-bond acceptors (Lipinski definition) is 9. The molecule has 10 nitrogen and oxygen atoms in total. The quantitative estimate of drug-likeness (QED) is 0.0432. The third-order valence-electron chi connectivity index (χ3n) is 9.82. The van der Waals surface area contributed by atoms with Gasteiger partial charge in [-0.25, -0.2) is 0 Å². The van der Waals surface area contributed by atoms with Crippen LogP contribution in [0, 0.1) is 0 Å². The summed E-state index contributed by atoms with van der Waals surface area (Å²) in [6, 6.07) is -0.885. The van der Waals surface area contributed by atoms with E-state index in [1.807, 2.05) is 0 Å². The van der Waals surface area contributed by atoms with Gasteiger partial charge in [-0.05, 0) is 12.8 Å². The summed E-state index contributed by atoms with van der Waals surface area (Å²) in [5, 5.41) is 64.4. The van der Waals surface area contributed by atoms with E-state index in [0.717, 1.165) is 51.4 Å². The number of aliphatic hydroxyl groups is 6. The number of unbranched alkanes of at least 4 members (excludes halogenated alkanes) is 21. The van der Waals surface area contributed by atoms with Crippen molar-refractivity contribution in [3.05, 3.63) is 0 Å². The molecule has 8 atom stereocenters. The maximum absolute atomic E-state index is 12.9. The molecule has 0 radical (unpaired) electrons. The fraction of sp³-hybridized carbons (Fsp3) is 0.974. The molecule has 0 aromatic rings. The van der Waals surface area contributed by atoms with E-state index in [0.29, 0.717) is 12.8 Å². The van der Waals surface area contributed by atoms with E-state index in [9.17, 15) is 35.4 Å². The topological polar surface area (TPSA) is 169 Å². The van der Waals surface area contributed by atoms with Crippen LogP contribution in [0.2, 0.25) is 0 Å². The Labute approximate surface area is 292 Å². The summed E-state index contributed by atoms with van der Waals surface area (Å²) in [7, 11) is 0. The maximum atomic E-state index is 12.9. The van der Waals surface area contributed by atoms with Crippen LogP contribution in [0.3, 0.4) is 0 Å². The molecule has 1 aliphatic rings. The molecular weight excluding hydrogens is 614 g/mol. The summed E-state index contributed by atoms with van der Waals surface area (Å²) in [6.45, 7) is 3.62. The molecule has 0 aromatic heterocycles. The van der Waals surface area contributed by atoms with Crippen molar-refractivity contribution in [2.75, 3.05) is 13.2 Å². The molecule has 7 N–H and O–H groups in total. The highest BCUT2D eigenvalue weighted by atomic mass is 16.7.